The third-order valence-corrected chi connectivity index (χ3v) is 4.42. The molecule has 0 fully saturated rings. The number of hydrogen-bond acceptors (Lipinski definition) is 3. The van der Waals surface area contributed by atoms with E-state index in [-0.39, 0.29) is 4.90 Å². The fraction of sp³-hybridized carbons (Fsp3) is 0.118. The lowest BCUT2D eigenvalue weighted by Crippen LogP contribution is -2.06. The van der Waals surface area contributed by atoms with E-state index in [1.807, 2.05) is 36.5 Å². The second-order valence-corrected chi connectivity index (χ2v) is 6.38. The standard InChI is InChI=1S/C17H16FN3OS/c1-23(22)17-8-7-14(11-15(17)18)19-12-13-5-2-3-6-16(13)21-10-4-9-20-21/h2-11,19H,12H2,1H3/t23-/m1/s1. The fourth-order valence-corrected chi connectivity index (χ4v) is 2.93. The van der Waals surface area contributed by atoms with Gasteiger partial charge < -0.3 is 5.32 Å². The monoisotopic (exact) mass is 329 g/mol. The zero-order chi connectivity index (χ0) is 16.2. The van der Waals surface area contributed by atoms with E-state index in [2.05, 4.69) is 10.4 Å². The quantitative estimate of drug-likeness (QED) is 0.781. The van der Waals surface area contributed by atoms with Gasteiger partial charge in [0.25, 0.3) is 0 Å². The van der Waals surface area contributed by atoms with Crippen LogP contribution in [0.4, 0.5) is 10.1 Å². The summed E-state index contributed by atoms with van der Waals surface area (Å²) in [7, 11) is -1.33. The number of anilines is 1. The van der Waals surface area contributed by atoms with E-state index in [0.717, 1.165) is 11.3 Å². The van der Waals surface area contributed by atoms with Gasteiger partial charge in [0, 0.05) is 30.9 Å². The summed E-state index contributed by atoms with van der Waals surface area (Å²) in [5.74, 6) is -0.462. The molecular formula is C17H16FN3OS. The van der Waals surface area contributed by atoms with Crippen LogP contribution < -0.4 is 5.32 Å². The first kappa shape index (κ1) is 15.4. The van der Waals surface area contributed by atoms with Crippen LogP contribution in [-0.4, -0.2) is 20.2 Å². The fourth-order valence-electron chi connectivity index (χ4n) is 2.34. The molecule has 6 heteroatoms. The van der Waals surface area contributed by atoms with Crippen LogP contribution in [0.25, 0.3) is 5.69 Å². The van der Waals surface area contributed by atoms with E-state index in [9.17, 15) is 8.60 Å². The van der Waals surface area contributed by atoms with Crippen LogP contribution in [0.3, 0.4) is 0 Å². The summed E-state index contributed by atoms with van der Waals surface area (Å²) in [5, 5.41) is 7.43. The summed E-state index contributed by atoms with van der Waals surface area (Å²) >= 11 is 0. The second-order valence-electron chi connectivity index (χ2n) is 5.03. The Bertz CT molecular complexity index is 834. The minimum Gasteiger partial charge on any atom is -0.381 e. The third kappa shape index (κ3) is 3.48. The molecule has 0 bridgehead atoms. The van der Waals surface area contributed by atoms with Crippen LogP contribution in [-0.2, 0) is 17.3 Å². The number of nitrogens with one attached hydrogen (secondary N) is 1. The number of benzene rings is 2. The lowest BCUT2D eigenvalue weighted by atomic mass is 10.1. The van der Waals surface area contributed by atoms with Crippen molar-refractivity contribution in [1.82, 2.24) is 9.78 Å². The summed E-state index contributed by atoms with van der Waals surface area (Å²) in [5.41, 5.74) is 2.66. The maximum atomic E-state index is 13.9. The molecular weight excluding hydrogens is 313 g/mol. The van der Waals surface area contributed by atoms with Gasteiger partial charge in [0.15, 0.2) is 0 Å². The molecule has 0 aliphatic rings. The maximum absolute atomic E-state index is 13.9. The summed E-state index contributed by atoms with van der Waals surface area (Å²) < 4.78 is 27.0. The number of rotatable bonds is 5. The largest absolute Gasteiger partial charge is 0.381 e. The van der Waals surface area contributed by atoms with Crippen LogP contribution in [0.15, 0.2) is 65.8 Å². The summed E-state index contributed by atoms with van der Waals surface area (Å²) in [4.78, 5) is 0.215. The van der Waals surface area contributed by atoms with E-state index in [1.54, 1.807) is 23.0 Å². The first-order chi connectivity index (χ1) is 11.1. The van der Waals surface area contributed by atoms with Crippen molar-refractivity contribution in [3.8, 4) is 5.69 Å². The van der Waals surface area contributed by atoms with Crippen molar-refractivity contribution in [3.05, 3.63) is 72.3 Å². The SMILES string of the molecule is C[S@@](=O)c1ccc(NCc2ccccc2-n2cccn2)cc1F. The molecule has 0 aliphatic carbocycles. The minimum absolute atomic E-state index is 0.215. The summed E-state index contributed by atoms with van der Waals surface area (Å²) in [6.07, 6.45) is 5.07. The Balaban J connectivity index is 1.79. The number of hydrogen-bond donors (Lipinski definition) is 1. The van der Waals surface area contributed by atoms with Crippen LogP contribution in [0.1, 0.15) is 5.56 Å². The van der Waals surface area contributed by atoms with E-state index >= 15 is 0 Å². The molecule has 23 heavy (non-hydrogen) atoms. The van der Waals surface area contributed by atoms with Gasteiger partial charge in [-0.2, -0.15) is 5.10 Å². The number of para-hydroxylation sites is 1. The molecule has 118 valence electrons. The van der Waals surface area contributed by atoms with Crippen LogP contribution in [0.5, 0.6) is 0 Å². The average Bonchev–Trinajstić information content (AvgIpc) is 3.07. The number of aromatic nitrogens is 2. The van der Waals surface area contributed by atoms with Crippen molar-refractivity contribution >= 4 is 16.5 Å². The molecule has 0 radical (unpaired) electrons. The van der Waals surface area contributed by atoms with Crippen molar-refractivity contribution in [2.24, 2.45) is 0 Å². The molecule has 2 aromatic carbocycles. The smallest absolute Gasteiger partial charge is 0.141 e. The third-order valence-electron chi connectivity index (χ3n) is 3.47. The molecule has 0 saturated heterocycles. The molecule has 0 amide bonds. The van der Waals surface area contributed by atoms with Gasteiger partial charge in [-0.3, -0.25) is 4.21 Å². The molecule has 4 nitrogen and oxygen atoms in total. The molecule has 0 spiro atoms. The van der Waals surface area contributed by atoms with E-state index < -0.39 is 16.6 Å². The summed E-state index contributed by atoms with van der Waals surface area (Å²) in [6.45, 7) is 0.532. The topological polar surface area (TPSA) is 46.9 Å². The highest BCUT2D eigenvalue weighted by Gasteiger charge is 2.08. The van der Waals surface area contributed by atoms with Gasteiger partial charge in [0.05, 0.1) is 21.4 Å². The highest BCUT2D eigenvalue weighted by Crippen LogP contribution is 2.19. The molecule has 1 aromatic heterocycles. The molecule has 1 atom stereocenters. The molecule has 1 N–H and O–H groups in total. The second kappa shape index (κ2) is 6.75. The molecule has 0 saturated carbocycles. The molecule has 1 heterocycles. The van der Waals surface area contributed by atoms with Gasteiger partial charge in [-0.25, -0.2) is 9.07 Å². The molecule has 3 rings (SSSR count). The zero-order valence-corrected chi connectivity index (χ0v) is 13.4. The zero-order valence-electron chi connectivity index (χ0n) is 12.6. The predicted molar refractivity (Wildman–Crippen MR) is 89.6 cm³/mol. The Morgan fingerprint density at radius 2 is 2.04 bits per heavy atom. The molecule has 0 unspecified atom stereocenters. The van der Waals surface area contributed by atoms with Crippen molar-refractivity contribution < 1.29 is 8.60 Å². The van der Waals surface area contributed by atoms with E-state index in [1.165, 1.54) is 12.3 Å². The highest BCUT2D eigenvalue weighted by atomic mass is 32.2. The minimum atomic E-state index is -1.33. The molecule has 3 aromatic rings. The Kier molecular flexibility index (Phi) is 4.52. The van der Waals surface area contributed by atoms with Crippen molar-refractivity contribution in [3.63, 3.8) is 0 Å². The van der Waals surface area contributed by atoms with Crippen LogP contribution in [0, 0.1) is 5.82 Å². The maximum Gasteiger partial charge on any atom is 0.141 e. The van der Waals surface area contributed by atoms with E-state index in [4.69, 9.17) is 0 Å². The number of nitrogens with zero attached hydrogens (tertiary/aromatic N) is 2. The highest BCUT2D eigenvalue weighted by molar-refractivity contribution is 7.84. The summed E-state index contributed by atoms with van der Waals surface area (Å²) in [6, 6.07) is 14.4. The van der Waals surface area contributed by atoms with Crippen molar-refractivity contribution in [2.45, 2.75) is 11.4 Å². The van der Waals surface area contributed by atoms with Gasteiger partial charge in [-0.15, -0.1) is 0 Å². The van der Waals surface area contributed by atoms with Crippen molar-refractivity contribution in [2.75, 3.05) is 11.6 Å². The first-order valence-electron chi connectivity index (χ1n) is 7.10. The van der Waals surface area contributed by atoms with E-state index in [0.29, 0.717) is 12.2 Å². The van der Waals surface area contributed by atoms with Gasteiger partial charge in [0.1, 0.15) is 5.82 Å². The Morgan fingerprint density at radius 3 is 2.74 bits per heavy atom. The lowest BCUT2D eigenvalue weighted by Gasteiger charge is -2.12. The Labute approximate surface area is 136 Å². The van der Waals surface area contributed by atoms with Gasteiger partial charge in [-0.05, 0) is 35.9 Å². The molecule has 0 aliphatic heterocycles. The Hall–Kier alpha value is -2.47. The van der Waals surface area contributed by atoms with Gasteiger partial charge in [-0.1, -0.05) is 18.2 Å². The average molecular weight is 329 g/mol. The predicted octanol–water partition coefficient (Wildman–Crippen LogP) is 3.36. The first-order valence-corrected chi connectivity index (χ1v) is 8.66. The van der Waals surface area contributed by atoms with Crippen LogP contribution >= 0.6 is 0 Å². The van der Waals surface area contributed by atoms with Crippen LogP contribution in [0.2, 0.25) is 0 Å². The van der Waals surface area contributed by atoms with Gasteiger partial charge >= 0.3 is 0 Å². The number of halogens is 1. The Morgan fingerprint density at radius 1 is 1.22 bits per heavy atom. The lowest BCUT2D eigenvalue weighted by molar-refractivity contribution is 0.596. The normalized spacial score (nSPS) is 12.1. The van der Waals surface area contributed by atoms with Gasteiger partial charge in [0.2, 0.25) is 0 Å². The van der Waals surface area contributed by atoms with Crippen molar-refractivity contribution in [1.29, 1.82) is 0 Å².